The lowest BCUT2D eigenvalue weighted by molar-refractivity contribution is 0.304. The Hall–Kier alpha value is -1.02. The van der Waals surface area contributed by atoms with Crippen LogP contribution < -0.4 is 0 Å². The molecule has 0 bridgehead atoms. The van der Waals surface area contributed by atoms with E-state index in [4.69, 9.17) is 16.6 Å². The molecule has 1 saturated carbocycles. The fourth-order valence-corrected chi connectivity index (χ4v) is 3.36. The van der Waals surface area contributed by atoms with Crippen LogP contribution in [-0.4, -0.2) is 15.4 Å². The molecule has 1 aliphatic rings. The summed E-state index contributed by atoms with van der Waals surface area (Å²) >= 11 is 5.97. The Labute approximate surface area is 119 Å². The first-order valence-corrected chi connectivity index (χ1v) is 7.62. The minimum atomic E-state index is 0.141. The number of rotatable bonds is 4. The Morgan fingerprint density at radius 2 is 2.11 bits per heavy atom. The average molecular weight is 277 g/mol. The molecule has 1 fully saturated rings. The summed E-state index contributed by atoms with van der Waals surface area (Å²) in [5, 5.41) is 0. The maximum Gasteiger partial charge on any atom is 0.111 e. The van der Waals surface area contributed by atoms with Gasteiger partial charge in [-0.3, -0.25) is 0 Å². The number of aromatic nitrogens is 2. The maximum absolute atomic E-state index is 5.97. The van der Waals surface area contributed by atoms with Gasteiger partial charge in [0, 0.05) is 17.8 Å². The van der Waals surface area contributed by atoms with Gasteiger partial charge >= 0.3 is 0 Å². The Balaban J connectivity index is 2.26. The first-order chi connectivity index (χ1) is 9.05. The molecule has 0 amide bonds. The second-order valence-electron chi connectivity index (χ2n) is 6.17. The third kappa shape index (κ3) is 2.06. The third-order valence-corrected chi connectivity index (χ3v) is 4.61. The number of hydrogen-bond donors (Lipinski definition) is 0. The molecule has 1 aromatic carbocycles. The van der Waals surface area contributed by atoms with Crippen molar-refractivity contribution in [1.29, 1.82) is 0 Å². The predicted octanol–water partition coefficient (Wildman–Crippen LogP) is 4.27. The summed E-state index contributed by atoms with van der Waals surface area (Å²) in [7, 11) is 0. The van der Waals surface area contributed by atoms with Gasteiger partial charge in [-0.25, -0.2) is 4.98 Å². The van der Waals surface area contributed by atoms with E-state index in [9.17, 15) is 0 Å². The van der Waals surface area contributed by atoms with E-state index in [1.807, 2.05) is 0 Å². The number of imidazole rings is 1. The molecule has 0 atom stereocenters. The molecule has 1 aromatic heterocycles. The molecule has 2 nitrogen and oxygen atoms in total. The van der Waals surface area contributed by atoms with Crippen LogP contribution in [0.1, 0.15) is 38.1 Å². The molecule has 19 heavy (non-hydrogen) atoms. The Kier molecular flexibility index (Phi) is 3.09. The number of nitrogens with zero attached hydrogens (tertiary/aromatic N) is 2. The van der Waals surface area contributed by atoms with E-state index in [1.165, 1.54) is 23.9 Å². The van der Waals surface area contributed by atoms with Gasteiger partial charge in [-0.1, -0.05) is 12.1 Å². The molecule has 3 rings (SSSR count). The largest absolute Gasteiger partial charge is 0.322 e. The fourth-order valence-electron chi connectivity index (χ4n) is 3.19. The van der Waals surface area contributed by atoms with Gasteiger partial charge < -0.3 is 4.57 Å². The number of para-hydroxylation sites is 1. The van der Waals surface area contributed by atoms with Crippen LogP contribution in [0, 0.1) is 12.8 Å². The number of fused-ring (bicyclic) bond motifs is 1. The van der Waals surface area contributed by atoms with Crippen LogP contribution >= 0.6 is 11.6 Å². The molecule has 0 aliphatic heterocycles. The van der Waals surface area contributed by atoms with Crippen LogP contribution in [0.25, 0.3) is 11.0 Å². The van der Waals surface area contributed by atoms with Crippen LogP contribution in [0.15, 0.2) is 18.2 Å². The van der Waals surface area contributed by atoms with Crippen molar-refractivity contribution in [2.45, 2.75) is 45.6 Å². The summed E-state index contributed by atoms with van der Waals surface area (Å²) in [5.74, 6) is 2.54. The highest BCUT2D eigenvalue weighted by Gasteiger charge is 2.41. The van der Waals surface area contributed by atoms with Crippen LogP contribution in [0.2, 0.25) is 0 Å². The highest BCUT2D eigenvalue weighted by Crippen LogP contribution is 2.46. The van der Waals surface area contributed by atoms with Crippen molar-refractivity contribution in [3.63, 3.8) is 0 Å². The predicted molar refractivity (Wildman–Crippen MR) is 80.9 cm³/mol. The summed E-state index contributed by atoms with van der Waals surface area (Å²) < 4.78 is 2.46. The van der Waals surface area contributed by atoms with E-state index in [0.29, 0.717) is 5.88 Å². The second-order valence-corrected chi connectivity index (χ2v) is 6.55. The lowest BCUT2D eigenvalue weighted by Gasteiger charge is -2.30. The van der Waals surface area contributed by atoms with E-state index in [1.54, 1.807) is 0 Å². The molecule has 0 unspecified atom stereocenters. The Bertz CT molecular complexity index is 608. The molecule has 102 valence electrons. The Morgan fingerprint density at radius 1 is 1.37 bits per heavy atom. The molecular formula is C16H21ClN2. The molecule has 0 N–H and O–H groups in total. The summed E-state index contributed by atoms with van der Waals surface area (Å²) in [6, 6.07) is 6.37. The summed E-state index contributed by atoms with van der Waals surface area (Å²) in [6.45, 7) is 6.86. The molecule has 3 heteroatoms. The van der Waals surface area contributed by atoms with E-state index in [-0.39, 0.29) is 5.54 Å². The van der Waals surface area contributed by atoms with Crippen LogP contribution in [-0.2, 0) is 12.0 Å². The highest BCUT2D eigenvalue weighted by molar-refractivity contribution is 6.17. The molecule has 0 spiro atoms. The maximum atomic E-state index is 5.97. The quantitative estimate of drug-likeness (QED) is 0.763. The fraction of sp³-hybridized carbons (Fsp3) is 0.562. The minimum absolute atomic E-state index is 0.141. The summed E-state index contributed by atoms with van der Waals surface area (Å²) in [6.07, 6.45) is 3.50. The van der Waals surface area contributed by atoms with Crippen molar-refractivity contribution in [1.82, 2.24) is 9.55 Å². The molecule has 0 radical (unpaired) electrons. The normalized spacial score (nSPS) is 16.2. The van der Waals surface area contributed by atoms with E-state index < -0.39 is 0 Å². The van der Waals surface area contributed by atoms with Crippen molar-refractivity contribution in [2.24, 2.45) is 5.92 Å². The zero-order valence-electron chi connectivity index (χ0n) is 11.9. The monoisotopic (exact) mass is 276 g/mol. The molecule has 1 heterocycles. The van der Waals surface area contributed by atoms with Gasteiger partial charge in [-0.05, 0) is 51.2 Å². The standard InChI is InChI=1S/C16H21ClN2/c1-11-5-4-6-13-15(11)19(14(18-13)9-10-17)16(2,3)12-7-8-12/h4-6,12H,7-10H2,1-3H3. The van der Waals surface area contributed by atoms with Crippen molar-refractivity contribution < 1.29 is 0 Å². The van der Waals surface area contributed by atoms with Gasteiger partial charge in [0.2, 0.25) is 0 Å². The van der Waals surface area contributed by atoms with E-state index in [2.05, 4.69) is 43.5 Å². The number of alkyl halides is 1. The van der Waals surface area contributed by atoms with Crippen molar-refractivity contribution in [3.8, 4) is 0 Å². The number of hydrogen-bond acceptors (Lipinski definition) is 1. The smallest absolute Gasteiger partial charge is 0.111 e. The zero-order valence-corrected chi connectivity index (χ0v) is 12.7. The lowest BCUT2D eigenvalue weighted by atomic mass is 9.97. The number of halogens is 1. The topological polar surface area (TPSA) is 17.8 Å². The first kappa shape index (κ1) is 13.0. The molecular weight excluding hydrogens is 256 g/mol. The van der Waals surface area contributed by atoms with Crippen LogP contribution in [0.5, 0.6) is 0 Å². The minimum Gasteiger partial charge on any atom is -0.322 e. The molecule has 1 aliphatic carbocycles. The summed E-state index contributed by atoms with van der Waals surface area (Å²) in [5.41, 5.74) is 3.84. The second kappa shape index (κ2) is 4.52. The van der Waals surface area contributed by atoms with Gasteiger partial charge in [-0.15, -0.1) is 11.6 Å². The first-order valence-electron chi connectivity index (χ1n) is 7.09. The number of aryl methyl sites for hydroxylation is 2. The van der Waals surface area contributed by atoms with Gasteiger partial charge in [0.05, 0.1) is 11.0 Å². The van der Waals surface area contributed by atoms with Gasteiger partial charge in [0.1, 0.15) is 5.82 Å². The van der Waals surface area contributed by atoms with Crippen LogP contribution in [0.4, 0.5) is 0 Å². The van der Waals surface area contributed by atoms with Crippen molar-refractivity contribution in [2.75, 3.05) is 5.88 Å². The summed E-state index contributed by atoms with van der Waals surface area (Å²) in [4.78, 5) is 4.82. The van der Waals surface area contributed by atoms with E-state index in [0.717, 1.165) is 23.7 Å². The lowest BCUT2D eigenvalue weighted by Crippen LogP contribution is -2.30. The highest BCUT2D eigenvalue weighted by atomic mass is 35.5. The molecule has 2 aromatic rings. The van der Waals surface area contributed by atoms with Crippen LogP contribution in [0.3, 0.4) is 0 Å². The van der Waals surface area contributed by atoms with Gasteiger partial charge in [0.15, 0.2) is 0 Å². The SMILES string of the molecule is Cc1cccc2nc(CCCl)n(C(C)(C)C3CC3)c12. The molecule has 0 saturated heterocycles. The van der Waals surface area contributed by atoms with Gasteiger partial charge in [-0.2, -0.15) is 0 Å². The van der Waals surface area contributed by atoms with E-state index >= 15 is 0 Å². The van der Waals surface area contributed by atoms with Crippen molar-refractivity contribution in [3.05, 3.63) is 29.6 Å². The average Bonchev–Trinajstić information content (AvgIpc) is 3.13. The zero-order chi connectivity index (χ0) is 13.6. The Morgan fingerprint density at radius 3 is 2.74 bits per heavy atom. The third-order valence-electron chi connectivity index (χ3n) is 4.42. The number of benzene rings is 1. The van der Waals surface area contributed by atoms with Gasteiger partial charge in [0.25, 0.3) is 0 Å². The van der Waals surface area contributed by atoms with Crippen molar-refractivity contribution >= 4 is 22.6 Å².